The number of nitrogens with one attached hydrogen (secondary N) is 4. The third-order valence-electron chi connectivity index (χ3n) is 22.1. The molecule has 4 saturated heterocycles. The first-order valence-corrected chi connectivity index (χ1v) is 48.2. The molecule has 0 bridgehead atoms. The summed E-state index contributed by atoms with van der Waals surface area (Å²) in [4.78, 5) is 93.8. The van der Waals surface area contributed by atoms with E-state index in [0.717, 1.165) is 12.1 Å². The lowest BCUT2D eigenvalue weighted by Gasteiger charge is -2.37. The average molecular weight is 2150 g/mol. The summed E-state index contributed by atoms with van der Waals surface area (Å²) in [5, 5.41) is 60.1. The van der Waals surface area contributed by atoms with Gasteiger partial charge in [-0.3, -0.25) is 39.6 Å². The van der Waals surface area contributed by atoms with Crippen molar-refractivity contribution in [2.45, 2.75) is 126 Å². The number of hydrogen-bond acceptors (Lipinski definition) is 32. The van der Waals surface area contributed by atoms with Crippen LogP contribution in [0.25, 0.3) is 0 Å². The topological polar surface area (TPSA) is 348 Å². The summed E-state index contributed by atoms with van der Waals surface area (Å²) < 4.78 is 191. The molecule has 2 unspecified atom stereocenters. The smallest absolute Gasteiger partial charge is 0.338 e. The van der Waals surface area contributed by atoms with Crippen LogP contribution in [0, 0.1) is 23.3 Å². The van der Waals surface area contributed by atoms with Gasteiger partial charge in [0, 0.05) is 152 Å². The third-order valence-corrected chi connectivity index (χ3v) is 27.3. The summed E-state index contributed by atoms with van der Waals surface area (Å²) in [7, 11) is 0. The Morgan fingerprint density at radius 2 is 0.603 bits per heavy atom. The van der Waals surface area contributed by atoms with Gasteiger partial charge in [-0.05, 0) is 113 Å². The molecule has 48 heteroatoms. The number of ether oxygens (including phenoxy) is 4. The van der Waals surface area contributed by atoms with Gasteiger partial charge in [0.15, 0.2) is 43.4 Å². The zero-order valence-electron chi connectivity index (χ0n) is 72.4. The van der Waals surface area contributed by atoms with Gasteiger partial charge in [0.2, 0.25) is 0 Å². The fraction of sp³-hybridized carbons (Fsp3) is 0.409. The van der Waals surface area contributed by atoms with Gasteiger partial charge < -0.3 is 60.6 Å². The molecule has 4 fully saturated rings. The van der Waals surface area contributed by atoms with Crippen LogP contribution in [0.3, 0.4) is 0 Å². The van der Waals surface area contributed by atoms with Crippen molar-refractivity contribution in [3.63, 3.8) is 0 Å². The van der Waals surface area contributed by atoms with E-state index in [2.05, 4.69) is 93.0 Å². The first kappa shape index (κ1) is 104. The van der Waals surface area contributed by atoms with Crippen molar-refractivity contribution in [3.05, 3.63) is 249 Å². The molecule has 0 spiro atoms. The van der Waals surface area contributed by atoms with E-state index < -0.39 is 146 Å². The second-order valence-corrected chi connectivity index (χ2v) is 37.7. The van der Waals surface area contributed by atoms with E-state index >= 15 is 0 Å². The van der Waals surface area contributed by atoms with Crippen LogP contribution >= 0.6 is 100 Å². The van der Waals surface area contributed by atoms with Crippen molar-refractivity contribution in [3.8, 4) is 0 Å². The van der Waals surface area contributed by atoms with E-state index in [-0.39, 0.29) is 137 Å². The maximum atomic E-state index is 14.2. The molecule has 8 aliphatic rings. The molecule has 12 heterocycles. The van der Waals surface area contributed by atoms with E-state index in [1.165, 1.54) is 126 Å². The SMILES string of the molecule is CCOC(=O)C1=C(CN2CCC(O)C(F)(F)C2)NC(c2nccs2)=N[C@H]1c1ccc(F)cc1Br.CCOC(=O)C1=C(CN2CCC(O)C(F)(F)C2)NC(c2nccs2)=N[C@H]1c1ccc(F)cc1Cl.CCOC(=O)C1=C(CN2CC[C@@H](O)C(F)(F)C2)NC(c2nccs2)=N[C@@H]1c1ccc(F)cc1Br.CCOC(=O)C1=C(CN2CC[C@H](O)C(F)(F)C2)NC(c2nccs2)=N[C@H]1c1ccc(F)cc1Cl. The number of amidine groups is 4. The highest BCUT2D eigenvalue weighted by atomic mass is 79.9. The molecule has 28 nitrogen and oxygen atoms in total. The Bertz CT molecular complexity index is 5210. The van der Waals surface area contributed by atoms with Crippen molar-refractivity contribution < 1.29 is 111 Å². The number of rotatable bonds is 24. The quantitative estimate of drug-likeness (QED) is 0.0158. The number of thiazole rings is 4. The highest BCUT2D eigenvalue weighted by Crippen LogP contribution is 2.45. The highest BCUT2D eigenvalue weighted by Gasteiger charge is 2.50. The van der Waals surface area contributed by atoms with Crippen molar-refractivity contribution in [2.75, 3.05) is 105 Å². The van der Waals surface area contributed by atoms with Crippen molar-refractivity contribution in [1.82, 2.24) is 60.8 Å². The fourth-order valence-corrected chi connectivity index (χ4v) is 19.7. The van der Waals surface area contributed by atoms with Gasteiger partial charge in [-0.1, -0.05) is 79.3 Å². The number of benzene rings is 4. The summed E-state index contributed by atoms with van der Waals surface area (Å²) in [6.45, 7) is 4.93. The Balaban J connectivity index is 0.000000153. The molecule has 8 aromatic rings. The first-order valence-electron chi connectivity index (χ1n) is 42.3. The minimum Gasteiger partial charge on any atom is -0.463 e. The van der Waals surface area contributed by atoms with Crippen LogP contribution in [-0.2, 0) is 38.1 Å². The number of aliphatic imine (C=N–C) groups is 4. The van der Waals surface area contributed by atoms with Crippen LogP contribution < -0.4 is 21.3 Å². The Morgan fingerprint density at radius 3 is 0.801 bits per heavy atom. The van der Waals surface area contributed by atoms with Crippen LogP contribution in [0.2, 0.25) is 10.0 Å². The lowest BCUT2D eigenvalue weighted by Crippen LogP contribution is -2.53. The van der Waals surface area contributed by atoms with Crippen LogP contribution in [-0.4, -0.2) is 260 Å². The fourth-order valence-electron chi connectivity index (χ4n) is 15.7. The minimum atomic E-state index is -3.29. The van der Waals surface area contributed by atoms with Crippen molar-refractivity contribution in [2.24, 2.45) is 20.0 Å². The second-order valence-electron chi connectivity index (χ2n) is 31.6. The average Bonchev–Trinajstić information content (AvgIpc) is 1.60. The Hall–Kier alpha value is -9.50. The molecule has 4 aromatic heterocycles. The third kappa shape index (κ3) is 25.2. The normalized spacial score (nSPS) is 22.8. The molecule has 136 heavy (non-hydrogen) atoms. The number of esters is 4. The number of likely N-dealkylation sites (tertiary alicyclic amines) is 4. The van der Waals surface area contributed by atoms with E-state index in [0.29, 0.717) is 97.4 Å². The van der Waals surface area contributed by atoms with Gasteiger partial charge >= 0.3 is 23.9 Å². The Kier molecular flexibility index (Phi) is 34.8. The predicted octanol–water partition coefficient (Wildman–Crippen LogP) is 14.4. The standard InChI is InChI=1S/2C22H22BrF3N4O3S.2C22H22ClF3N4O3S/c4*1-2-33-21(32)17-15(10-30-7-5-16(31)22(25,26)11-30)28-19(20-27-6-8-34-20)29-18(17)13-4-3-12(24)9-14(13)23/h4*3-4,6,8-9,16,18,31H,2,5,7,10-11H2,1H3,(H,28,29)/t16?,18-;16-,18-;16?,18-;16-,18-/m0100/s1. The number of piperidine rings is 4. The Morgan fingerprint density at radius 1 is 0.382 bits per heavy atom. The van der Waals surface area contributed by atoms with Gasteiger partial charge in [0.05, 0.1) is 74.9 Å². The molecule has 4 aromatic carbocycles. The number of aliphatic hydroxyl groups is 4. The van der Waals surface area contributed by atoms with Crippen LogP contribution in [0.4, 0.5) is 52.7 Å². The molecule has 8 N–H and O–H groups in total. The molecule has 16 rings (SSSR count). The number of carbonyl (C=O) groups is 4. The minimum absolute atomic E-state index is 0.0316. The molecule has 728 valence electrons. The van der Waals surface area contributed by atoms with Gasteiger partial charge in [0.25, 0.3) is 23.7 Å². The molecule has 0 aliphatic carbocycles. The number of carbonyl (C=O) groups excluding carboxylic acids is 4. The van der Waals surface area contributed by atoms with Crippen molar-refractivity contribution >= 4 is 148 Å². The molecule has 0 amide bonds. The number of aromatic nitrogens is 4. The van der Waals surface area contributed by atoms with E-state index in [9.17, 15) is 92.3 Å². The maximum absolute atomic E-state index is 14.2. The maximum Gasteiger partial charge on any atom is 0.338 e. The van der Waals surface area contributed by atoms with E-state index in [1.807, 2.05) is 0 Å². The second kappa shape index (κ2) is 45.6. The van der Waals surface area contributed by atoms with Gasteiger partial charge in [-0.2, -0.15) is 0 Å². The summed E-state index contributed by atoms with van der Waals surface area (Å²) in [6, 6.07) is 11.9. The zero-order valence-corrected chi connectivity index (χ0v) is 80.4. The molecule has 8 aliphatic heterocycles. The monoisotopic (exact) mass is 2140 g/mol. The van der Waals surface area contributed by atoms with Crippen LogP contribution in [0.5, 0.6) is 0 Å². The Labute approximate surface area is 813 Å². The molecule has 8 atom stereocenters. The van der Waals surface area contributed by atoms with Gasteiger partial charge in [-0.25, -0.2) is 91.8 Å². The summed E-state index contributed by atoms with van der Waals surface area (Å²) in [5.74, 6) is -16.5. The van der Waals surface area contributed by atoms with Crippen LogP contribution in [0.15, 0.2) is 193 Å². The van der Waals surface area contributed by atoms with Crippen molar-refractivity contribution in [1.29, 1.82) is 0 Å². The highest BCUT2D eigenvalue weighted by molar-refractivity contribution is 9.10. The zero-order chi connectivity index (χ0) is 97.8. The lowest BCUT2D eigenvalue weighted by molar-refractivity contribution is -0.148. The number of aliphatic hydroxyl groups excluding tert-OH is 4. The molecular formula is C88H88Br2Cl2F12N16O12S4. The summed E-state index contributed by atoms with van der Waals surface area (Å²) >= 11 is 24.6. The van der Waals surface area contributed by atoms with Gasteiger partial charge in [-0.15, -0.1) is 45.3 Å². The number of hydrogen-bond donors (Lipinski definition) is 8. The predicted molar refractivity (Wildman–Crippen MR) is 492 cm³/mol. The van der Waals surface area contributed by atoms with Gasteiger partial charge in [0.1, 0.15) is 71.9 Å². The number of alkyl halides is 8. The van der Waals surface area contributed by atoms with Crippen LogP contribution in [0.1, 0.15) is 120 Å². The van der Waals surface area contributed by atoms with E-state index in [4.69, 9.17) is 42.1 Å². The summed E-state index contributed by atoms with van der Waals surface area (Å²) in [6.07, 6.45) is -0.931. The summed E-state index contributed by atoms with van der Waals surface area (Å²) in [5.41, 5.74) is 3.49. The first-order chi connectivity index (χ1) is 64.8. The van der Waals surface area contributed by atoms with E-state index in [1.54, 1.807) is 74.0 Å². The molecular weight excluding hydrogens is 2060 g/mol. The lowest BCUT2D eigenvalue weighted by atomic mass is 9.94. The largest absolute Gasteiger partial charge is 0.463 e. The number of halogens is 16. The molecule has 0 radical (unpaired) electrons. The number of nitrogens with zero attached hydrogens (tertiary/aromatic N) is 12. The molecule has 0 saturated carbocycles.